The number of ether oxygens (including phenoxy) is 2. The van der Waals surface area contributed by atoms with Gasteiger partial charge in [0.25, 0.3) is 0 Å². The summed E-state index contributed by atoms with van der Waals surface area (Å²) in [7, 11) is 0. The maximum Gasteiger partial charge on any atom is 0.336 e. The van der Waals surface area contributed by atoms with Crippen LogP contribution in [0.3, 0.4) is 0 Å². The lowest BCUT2D eigenvalue weighted by Gasteiger charge is -2.31. The molecule has 2 heterocycles. The molecular weight excluding hydrogens is 348 g/mol. The second kappa shape index (κ2) is 9.30. The Morgan fingerprint density at radius 3 is 2.48 bits per heavy atom. The Labute approximate surface area is 159 Å². The van der Waals surface area contributed by atoms with E-state index in [1.807, 2.05) is 13.8 Å². The van der Waals surface area contributed by atoms with Crippen LogP contribution in [0.2, 0.25) is 0 Å². The fourth-order valence-electron chi connectivity index (χ4n) is 3.19. The summed E-state index contributed by atoms with van der Waals surface area (Å²) < 4.78 is 11.3. The average Bonchev–Trinajstić information content (AvgIpc) is 2.63. The third kappa shape index (κ3) is 4.72. The summed E-state index contributed by atoms with van der Waals surface area (Å²) in [4.78, 5) is 29.9. The number of carbonyl (C=O) groups excluding carboxylic acids is 2. The Hall–Kier alpha value is -2.70. The van der Waals surface area contributed by atoms with Gasteiger partial charge in [-0.3, -0.25) is 9.79 Å². The molecule has 1 aliphatic rings. The standard InChI is InChI=1S/C20H26N2O5/c1-5-10-26-19(23)16-13(3)21-14(4)17(20(24)27-11-6-2)18(16)15-8-7-9-22(25)12-15/h7-9,12,16,18H,5-6,10-11H2,1-4H3. The molecular formula is C20H26N2O5. The second-order valence-corrected chi connectivity index (χ2v) is 6.51. The minimum Gasteiger partial charge on any atom is -0.619 e. The SMILES string of the molecule is CCCOC(=O)C1=C(C)N=C(C)C(C(=O)OCCC)C1c1ccc[n+]([O-])c1. The first-order valence-corrected chi connectivity index (χ1v) is 9.19. The van der Waals surface area contributed by atoms with Crippen LogP contribution in [0.5, 0.6) is 0 Å². The molecule has 0 aliphatic carbocycles. The van der Waals surface area contributed by atoms with Gasteiger partial charge in [-0.1, -0.05) is 13.8 Å². The predicted molar refractivity (Wildman–Crippen MR) is 99.9 cm³/mol. The molecule has 1 aliphatic heterocycles. The second-order valence-electron chi connectivity index (χ2n) is 6.51. The highest BCUT2D eigenvalue weighted by molar-refractivity contribution is 6.06. The van der Waals surface area contributed by atoms with E-state index in [0.29, 0.717) is 40.1 Å². The van der Waals surface area contributed by atoms with Crippen LogP contribution in [0.1, 0.15) is 52.0 Å². The van der Waals surface area contributed by atoms with Gasteiger partial charge in [0.2, 0.25) is 0 Å². The van der Waals surface area contributed by atoms with Crippen molar-refractivity contribution in [3.63, 3.8) is 0 Å². The van der Waals surface area contributed by atoms with Crippen LogP contribution >= 0.6 is 0 Å². The van der Waals surface area contributed by atoms with Crippen molar-refractivity contribution in [2.24, 2.45) is 10.9 Å². The normalized spacial score (nSPS) is 19.5. The maximum absolute atomic E-state index is 12.8. The van der Waals surface area contributed by atoms with Gasteiger partial charge in [0.1, 0.15) is 5.92 Å². The van der Waals surface area contributed by atoms with Crippen LogP contribution in [0.25, 0.3) is 0 Å². The molecule has 146 valence electrons. The molecule has 0 N–H and O–H groups in total. The van der Waals surface area contributed by atoms with Crippen LogP contribution in [0, 0.1) is 11.1 Å². The lowest BCUT2D eigenvalue weighted by atomic mass is 9.76. The summed E-state index contributed by atoms with van der Waals surface area (Å²) in [5.74, 6) is -2.45. The smallest absolute Gasteiger partial charge is 0.336 e. The molecule has 2 unspecified atom stereocenters. The third-order valence-electron chi connectivity index (χ3n) is 4.34. The van der Waals surface area contributed by atoms with Crippen molar-refractivity contribution in [1.29, 1.82) is 0 Å². The Morgan fingerprint density at radius 2 is 1.85 bits per heavy atom. The Morgan fingerprint density at radius 1 is 1.19 bits per heavy atom. The molecule has 27 heavy (non-hydrogen) atoms. The van der Waals surface area contributed by atoms with E-state index in [1.165, 1.54) is 12.4 Å². The summed E-state index contributed by atoms with van der Waals surface area (Å²) in [5.41, 5.74) is 1.87. The van der Waals surface area contributed by atoms with Crippen molar-refractivity contribution >= 4 is 17.7 Å². The number of rotatable bonds is 7. The molecule has 0 saturated carbocycles. The summed E-state index contributed by atoms with van der Waals surface area (Å²) in [6, 6.07) is 3.31. The topological polar surface area (TPSA) is 91.9 Å². The molecule has 0 spiro atoms. The zero-order valence-corrected chi connectivity index (χ0v) is 16.2. The van der Waals surface area contributed by atoms with Crippen molar-refractivity contribution in [2.45, 2.75) is 46.5 Å². The molecule has 2 atom stereocenters. The van der Waals surface area contributed by atoms with E-state index in [0.717, 1.165) is 0 Å². The van der Waals surface area contributed by atoms with Gasteiger partial charge in [-0.05, 0) is 32.8 Å². The van der Waals surface area contributed by atoms with Gasteiger partial charge >= 0.3 is 11.9 Å². The number of hydrogen-bond acceptors (Lipinski definition) is 6. The molecule has 0 bridgehead atoms. The number of aliphatic imine (C=N–C) groups is 1. The minimum absolute atomic E-state index is 0.270. The number of esters is 2. The predicted octanol–water partition coefficient (Wildman–Crippen LogP) is 2.67. The van der Waals surface area contributed by atoms with E-state index >= 15 is 0 Å². The molecule has 2 rings (SSSR count). The van der Waals surface area contributed by atoms with Crippen LogP contribution in [0.15, 0.2) is 40.8 Å². The molecule has 0 aromatic carbocycles. The van der Waals surface area contributed by atoms with E-state index in [2.05, 4.69) is 4.99 Å². The number of allylic oxidation sites excluding steroid dienone is 1. The van der Waals surface area contributed by atoms with Crippen LogP contribution in [-0.4, -0.2) is 30.9 Å². The van der Waals surface area contributed by atoms with Gasteiger partial charge in [0.05, 0.1) is 18.8 Å². The van der Waals surface area contributed by atoms with Crippen molar-refractivity contribution < 1.29 is 23.8 Å². The molecule has 1 aromatic rings. The van der Waals surface area contributed by atoms with E-state index in [-0.39, 0.29) is 13.2 Å². The highest BCUT2D eigenvalue weighted by atomic mass is 16.5. The van der Waals surface area contributed by atoms with Crippen LogP contribution in [-0.2, 0) is 19.1 Å². The molecule has 7 nitrogen and oxygen atoms in total. The number of carbonyl (C=O) groups is 2. The van der Waals surface area contributed by atoms with Gasteiger partial charge in [-0.15, -0.1) is 0 Å². The van der Waals surface area contributed by atoms with Crippen molar-refractivity contribution in [1.82, 2.24) is 0 Å². The lowest BCUT2D eigenvalue weighted by molar-refractivity contribution is -0.605. The molecule has 7 heteroatoms. The average molecular weight is 374 g/mol. The van der Waals surface area contributed by atoms with Crippen molar-refractivity contribution in [3.05, 3.63) is 46.6 Å². The molecule has 0 radical (unpaired) electrons. The lowest BCUT2D eigenvalue weighted by Crippen LogP contribution is -2.38. The molecule has 0 amide bonds. The molecule has 0 fully saturated rings. The fraction of sp³-hybridized carbons (Fsp3) is 0.500. The highest BCUT2D eigenvalue weighted by Gasteiger charge is 2.43. The van der Waals surface area contributed by atoms with E-state index in [9.17, 15) is 14.8 Å². The minimum atomic E-state index is -0.785. The monoisotopic (exact) mass is 374 g/mol. The summed E-state index contributed by atoms with van der Waals surface area (Å²) in [6.07, 6.45) is 4.08. The first-order chi connectivity index (χ1) is 12.9. The van der Waals surface area contributed by atoms with Gasteiger partial charge in [-0.2, -0.15) is 4.73 Å². The Bertz CT molecular complexity index is 769. The van der Waals surface area contributed by atoms with Crippen LogP contribution in [0.4, 0.5) is 0 Å². The number of nitrogens with zero attached hydrogens (tertiary/aromatic N) is 2. The van der Waals surface area contributed by atoms with Gasteiger partial charge in [0, 0.05) is 29.0 Å². The van der Waals surface area contributed by atoms with Crippen molar-refractivity contribution in [2.75, 3.05) is 13.2 Å². The van der Waals surface area contributed by atoms with Gasteiger partial charge in [-0.25, -0.2) is 4.79 Å². The largest absolute Gasteiger partial charge is 0.619 e. The summed E-state index contributed by atoms with van der Waals surface area (Å²) in [6.45, 7) is 7.80. The molecule has 1 aromatic heterocycles. The number of pyridine rings is 1. The van der Waals surface area contributed by atoms with Gasteiger partial charge < -0.3 is 14.7 Å². The Kier molecular flexibility index (Phi) is 7.10. The Balaban J connectivity index is 2.55. The fourth-order valence-corrected chi connectivity index (χ4v) is 3.19. The summed E-state index contributed by atoms with van der Waals surface area (Å²) >= 11 is 0. The van der Waals surface area contributed by atoms with E-state index < -0.39 is 23.8 Å². The van der Waals surface area contributed by atoms with Crippen LogP contribution < -0.4 is 4.73 Å². The zero-order chi connectivity index (χ0) is 20.0. The summed E-state index contributed by atoms with van der Waals surface area (Å²) in [5, 5.41) is 11.8. The zero-order valence-electron chi connectivity index (χ0n) is 16.2. The van der Waals surface area contributed by atoms with Crippen molar-refractivity contribution in [3.8, 4) is 0 Å². The highest BCUT2D eigenvalue weighted by Crippen LogP contribution is 2.39. The number of aromatic nitrogens is 1. The third-order valence-corrected chi connectivity index (χ3v) is 4.34. The first kappa shape index (κ1) is 20.6. The van der Waals surface area contributed by atoms with E-state index in [4.69, 9.17) is 9.47 Å². The van der Waals surface area contributed by atoms with Gasteiger partial charge in [0.15, 0.2) is 12.4 Å². The quantitative estimate of drug-likeness (QED) is 0.416. The first-order valence-electron chi connectivity index (χ1n) is 9.19. The maximum atomic E-state index is 12.8. The number of hydrogen-bond donors (Lipinski definition) is 0. The van der Waals surface area contributed by atoms with E-state index in [1.54, 1.807) is 26.0 Å². The molecule has 0 saturated heterocycles.